The average Bonchev–Trinajstić information content (AvgIpc) is 3.67. The molecule has 0 spiro atoms. The molecule has 4 aromatic rings. The van der Waals surface area contributed by atoms with Crippen LogP contribution in [0.3, 0.4) is 0 Å². The summed E-state index contributed by atoms with van der Waals surface area (Å²) in [7, 11) is -3.89. The van der Waals surface area contributed by atoms with E-state index >= 15 is 0 Å². The third-order valence-electron chi connectivity index (χ3n) is 7.30. The van der Waals surface area contributed by atoms with E-state index in [1.54, 1.807) is 35.5 Å². The molecule has 6 rings (SSSR count). The van der Waals surface area contributed by atoms with Crippen LogP contribution in [0.25, 0.3) is 0 Å². The van der Waals surface area contributed by atoms with Gasteiger partial charge in [-0.05, 0) is 89.7 Å². The maximum absolute atomic E-state index is 13.8. The van der Waals surface area contributed by atoms with Crippen LogP contribution < -0.4 is 9.62 Å². The summed E-state index contributed by atoms with van der Waals surface area (Å²) in [5, 5.41) is 0. The molecule has 9 heteroatoms. The molecule has 1 heterocycles. The van der Waals surface area contributed by atoms with E-state index in [9.17, 15) is 22.0 Å². The standard InChI is InChI=1S/C31H25F2N3O3S/c32-23-7-3-21(4-8-23)27-17-29(27)31(37)36(19-20-2-1-15-34-18-20)25-11-5-22-6-14-30(28(22)16-25)35-40(38,39)26-12-9-24(33)10-13-26/h1-5,7-13,15-18,27,30,35H,6,14,19H2/t27-,30+/m0/s1. The second kappa shape index (κ2) is 10.4. The van der Waals surface area contributed by atoms with Crippen molar-refractivity contribution in [3.05, 3.63) is 137 Å². The van der Waals surface area contributed by atoms with Crippen LogP contribution >= 0.6 is 0 Å². The number of nitrogens with zero attached hydrogens (tertiary/aromatic N) is 2. The van der Waals surface area contributed by atoms with E-state index in [0.717, 1.165) is 34.4 Å². The lowest BCUT2D eigenvalue weighted by molar-refractivity contribution is -0.115. The number of carbonyl (C=O) groups excluding carboxylic acids is 1. The third-order valence-corrected chi connectivity index (χ3v) is 8.78. The van der Waals surface area contributed by atoms with Gasteiger partial charge in [-0.25, -0.2) is 21.9 Å². The topological polar surface area (TPSA) is 79.4 Å². The summed E-state index contributed by atoms with van der Waals surface area (Å²) in [5.41, 5.74) is 4.72. The molecule has 202 valence electrons. The Kier molecular flexibility index (Phi) is 6.77. The van der Waals surface area contributed by atoms with Gasteiger partial charge in [0.15, 0.2) is 0 Å². The highest BCUT2D eigenvalue weighted by Gasteiger charge is 2.36. The number of hydrogen-bond donors (Lipinski definition) is 1. The minimum atomic E-state index is -3.89. The highest BCUT2D eigenvalue weighted by Crippen LogP contribution is 2.42. The molecule has 0 bridgehead atoms. The monoisotopic (exact) mass is 557 g/mol. The first-order valence-electron chi connectivity index (χ1n) is 12.9. The molecule has 1 aromatic heterocycles. The van der Waals surface area contributed by atoms with Gasteiger partial charge in [-0.15, -0.1) is 0 Å². The Balaban J connectivity index is 1.29. The number of pyridine rings is 1. The van der Waals surface area contributed by atoms with Crippen LogP contribution in [0.2, 0.25) is 0 Å². The average molecular weight is 558 g/mol. The van der Waals surface area contributed by atoms with Crippen molar-refractivity contribution >= 4 is 21.6 Å². The Morgan fingerprint density at radius 3 is 2.40 bits per heavy atom. The Morgan fingerprint density at radius 2 is 1.70 bits per heavy atom. The molecule has 2 aliphatic rings. The van der Waals surface area contributed by atoms with Gasteiger partial charge >= 0.3 is 0 Å². The van der Waals surface area contributed by atoms with E-state index in [-0.39, 0.29) is 29.1 Å². The molecule has 1 amide bonds. The number of benzene rings is 3. The number of allylic oxidation sites excluding steroid dienone is 1. The van der Waals surface area contributed by atoms with Gasteiger partial charge in [0.2, 0.25) is 10.0 Å². The van der Waals surface area contributed by atoms with Crippen LogP contribution in [0.4, 0.5) is 14.5 Å². The molecular formula is C31H25F2N3O3S. The van der Waals surface area contributed by atoms with E-state index in [2.05, 4.69) is 9.71 Å². The molecule has 3 aromatic carbocycles. The fourth-order valence-electron chi connectivity index (χ4n) is 5.14. The zero-order chi connectivity index (χ0) is 27.9. The van der Waals surface area contributed by atoms with E-state index in [1.165, 1.54) is 24.3 Å². The lowest BCUT2D eigenvalue weighted by atomic mass is 10.0. The minimum absolute atomic E-state index is 0.0145. The second-order valence-electron chi connectivity index (χ2n) is 9.95. The van der Waals surface area contributed by atoms with Crippen LogP contribution in [0.5, 0.6) is 0 Å². The summed E-state index contributed by atoms with van der Waals surface area (Å²) in [6.45, 7) is 0.269. The quantitative estimate of drug-likeness (QED) is 0.307. The molecule has 0 radical (unpaired) electrons. The minimum Gasteiger partial charge on any atom is -0.304 e. The predicted molar refractivity (Wildman–Crippen MR) is 147 cm³/mol. The molecule has 0 fully saturated rings. The van der Waals surface area contributed by atoms with Crippen molar-refractivity contribution in [1.82, 2.24) is 9.71 Å². The molecule has 40 heavy (non-hydrogen) atoms. The lowest BCUT2D eigenvalue weighted by Crippen LogP contribution is -2.31. The fraction of sp³-hybridized carbons (Fsp3) is 0.161. The van der Waals surface area contributed by atoms with Gasteiger partial charge in [-0.2, -0.15) is 0 Å². The summed E-state index contributed by atoms with van der Waals surface area (Å²) >= 11 is 0. The van der Waals surface area contributed by atoms with Crippen molar-refractivity contribution < 1.29 is 22.0 Å². The van der Waals surface area contributed by atoms with Crippen LogP contribution in [0.1, 0.15) is 40.6 Å². The number of aryl methyl sites for hydroxylation is 1. The number of anilines is 1. The number of amides is 1. The van der Waals surface area contributed by atoms with Crippen molar-refractivity contribution in [2.24, 2.45) is 0 Å². The lowest BCUT2D eigenvalue weighted by Gasteiger charge is -2.24. The molecule has 0 saturated heterocycles. The zero-order valence-electron chi connectivity index (χ0n) is 21.3. The van der Waals surface area contributed by atoms with Crippen LogP contribution in [0, 0.1) is 11.6 Å². The molecule has 1 N–H and O–H groups in total. The molecule has 6 nitrogen and oxygen atoms in total. The third kappa shape index (κ3) is 5.30. The second-order valence-corrected chi connectivity index (χ2v) is 11.7. The summed E-state index contributed by atoms with van der Waals surface area (Å²) in [4.78, 5) is 19.6. The normalized spacial score (nSPS) is 17.7. The first-order valence-corrected chi connectivity index (χ1v) is 14.4. The van der Waals surface area contributed by atoms with Crippen LogP contribution in [-0.4, -0.2) is 19.3 Å². The Morgan fingerprint density at radius 1 is 0.975 bits per heavy atom. The molecule has 0 unspecified atom stereocenters. The van der Waals surface area contributed by atoms with Crippen molar-refractivity contribution in [2.75, 3.05) is 4.90 Å². The Hall–Kier alpha value is -4.21. The summed E-state index contributed by atoms with van der Waals surface area (Å²) in [6, 6.07) is 19.7. The van der Waals surface area contributed by atoms with Crippen molar-refractivity contribution in [3.8, 4) is 0 Å². The molecule has 2 aliphatic carbocycles. The molecule has 0 saturated carbocycles. The number of fused-ring (bicyclic) bond motifs is 1. The number of halogens is 2. The smallest absolute Gasteiger partial charge is 0.255 e. The van der Waals surface area contributed by atoms with Crippen molar-refractivity contribution in [1.29, 1.82) is 0 Å². The predicted octanol–water partition coefficient (Wildman–Crippen LogP) is 5.58. The van der Waals surface area contributed by atoms with E-state index in [0.29, 0.717) is 24.1 Å². The summed E-state index contributed by atoms with van der Waals surface area (Å²) in [5.74, 6) is -1.22. The van der Waals surface area contributed by atoms with Gasteiger partial charge in [-0.1, -0.05) is 30.3 Å². The maximum Gasteiger partial charge on any atom is 0.255 e. The number of aromatic nitrogens is 1. The van der Waals surface area contributed by atoms with Gasteiger partial charge in [0.05, 0.1) is 11.4 Å². The SMILES string of the molecule is O=C(C1=C[C@H]1c1ccc(F)cc1)N(Cc1cccnc1)c1ccc2c(c1)[C@H](NS(=O)(=O)c1ccc(F)cc1)CC2. The molecule has 0 aliphatic heterocycles. The van der Waals surface area contributed by atoms with Crippen molar-refractivity contribution in [3.63, 3.8) is 0 Å². The fourth-order valence-corrected chi connectivity index (χ4v) is 6.39. The van der Waals surface area contributed by atoms with E-state index < -0.39 is 21.9 Å². The van der Waals surface area contributed by atoms with E-state index in [1.807, 2.05) is 30.3 Å². The number of carbonyl (C=O) groups is 1. The zero-order valence-corrected chi connectivity index (χ0v) is 22.1. The van der Waals surface area contributed by atoms with E-state index in [4.69, 9.17) is 0 Å². The van der Waals surface area contributed by atoms with Gasteiger partial charge in [0.25, 0.3) is 5.91 Å². The van der Waals surface area contributed by atoms with Gasteiger partial charge < -0.3 is 4.90 Å². The Bertz CT molecular complexity index is 1710. The summed E-state index contributed by atoms with van der Waals surface area (Å²) in [6.07, 6.45) is 6.47. The summed E-state index contributed by atoms with van der Waals surface area (Å²) < 4.78 is 55.6. The van der Waals surface area contributed by atoms with Gasteiger partial charge in [0, 0.05) is 35.6 Å². The number of rotatable bonds is 8. The van der Waals surface area contributed by atoms with Gasteiger partial charge in [-0.3, -0.25) is 9.78 Å². The Labute approximate surface area is 231 Å². The number of nitrogens with one attached hydrogen (secondary N) is 1. The van der Waals surface area contributed by atoms with Crippen LogP contribution in [0.15, 0.2) is 108 Å². The molecule has 2 atom stereocenters. The molecular weight excluding hydrogens is 532 g/mol. The van der Waals surface area contributed by atoms with Crippen molar-refractivity contribution in [2.45, 2.75) is 36.2 Å². The van der Waals surface area contributed by atoms with Gasteiger partial charge in [0.1, 0.15) is 11.6 Å². The maximum atomic E-state index is 13.8. The first kappa shape index (κ1) is 26.0. The number of hydrogen-bond acceptors (Lipinski definition) is 4. The largest absolute Gasteiger partial charge is 0.304 e. The highest BCUT2D eigenvalue weighted by atomic mass is 32.2. The highest BCUT2D eigenvalue weighted by molar-refractivity contribution is 7.89. The first-order chi connectivity index (χ1) is 19.3. The van der Waals surface area contributed by atoms with Crippen LogP contribution in [-0.2, 0) is 27.8 Å². The number of sulfonamides is 1.